The Balaban J connectivity index is 1.86. The predicted octanol–water partition coefficient (Wildman–Crippen LogP) is 4.48. The molecule has 0 aliphatic carbocycles. The van der Waals surface area contributed by atoms with Crippen molar-refractivity contribution in [1.29, 1.82) is 0 Å². The minimum Gasteiger partial charge on any atom is -0.496 e. The number of hydrogen-bond donors (Lipinski definition) is 1. The van der Waals surface area contributed by atoms with Gasteiger partial charge in [0, 0.05) is 14.5 Å². The summed E-state index contributed by atoms with van der Waals surface area (Å²) < 4.78 is 7.25. The molecule has 1 N–H and O–H groups in total. The maximum atomic E-state index is 12.7. The molecule has 0 unspecified atom stereocenters. The quantitative estimate of drug-likeness (QED) is 0.516. The lowest BCUT2D eigenvalue weighted by Crippen LogP contribution is -2.29. The Morgan fingerprint density at radius 1 is 1.16 bits per heavy atom. The molecule has 4 nitrogen and oxygen atoms in total. The Morgan fingerprint density at radius 3 is 2.52 bits per heavy atom. The van der Waals surface area contributed by atoms with Gasteiger partial charge in [0.1, 0.15) is 11.4 Å². The minimum atomic E-state index is -0.157. The average Bonchev–Trinajstić information content (AvgIpc) is 2.84. The lowest BCUT2D eigenvalue weighted by molar-refractivity contribution is -0.122. The van der Waals surface area contributed by atoms with Gasteiger partial charge < -0.3 is 10.1 Å². The highest BCUT2D eigenvalue weighted by atomic mass is 79.9. The van der Waals surface area contributed by atoms with Crippen molar-refractivity contribution < 1.29 is 9.53 Å². The zero-order valence-corrected chi connectivity index (χ0v) is 17.2. The number of carbonyl (C=O) groups is 1. The van der Waals surface area contributed by atoms with Crippen molar-refractivity contribution in [3.8, 4) is 5.75 Å². The number of halogens is 2. The normalized spacial score (nSPS) is 15.6. The molecule has 1 aliphatic heterocycles. The molecule has 0 radical (unpaired) electrons. The minimum absolute atomic E-state index is 0.157. The van der Waals surface area contributed by atoms with E-state index in [0.29, 0.717) is 23.1 Å². The second-order valence-electron chi connectivity index (χ2n) is 5.39. The molecule has 1 fully saturated rings. The van der Waals surface area contributed by atoms with E-state index < -0.39 is 0 Å². The third kappa shape index (κ3) is 4.11. The summed E-state index contributed by atoms with van der Waals surface area (Å²) in [5.41, 5.74) is 2.22. The largest absolute Gasteiger partial charge is 0.496 e. The lowest BCUT2D eigenvalue weighted by Gasteiger charge is -2.14. The van der Waals surface area contributed by atoms with Crippen molar-refractivity contribution >= 4 is 61.2 Å². The third-order valence-corrected chi connectivity index (χ3v) is 5.05. The molecule has 0 aromatic heterocycles. The van der Waals surface area contributed by atoms with Crippen molar-refractivity contribution in [3.05, 3.63) is 68.2 Å². The molecule has 1 amide bonds. The number of ether oxygens (including phenoxy) is 1. The highest BCUT2D eigenvalue weighted by molar-refractivity contribution is 9.10. The number of nitrogens with one attached hydrogen (secondary N) is 1. The molecule has 0 bridgehead atoms. The number of carbonyl (C=O) groups excluding carboxylic acids is 1. The molecule has 1 aliphatic rings. The van der Waals surface area contributed by atoms with Gasteiger partial charge in [0.25, 0.3) is 5.91 Å². The van der Waals surface area contributed by atoms with Crippen molar-refractivity contribution in [2.24, 2.45) is 0 Å². The van der Waals surface area contributed by atoms with Crippen LogP contribution in [-0.4, -0.2) is 23.0 Å². The van der Waals surface area contributed by atoms with E-state index >= 15 is 0 Å². The van der Waals surface area contributed by atoms with Gasteiger partial charge in [-0.2, -0.15) is 0 Å². The van der Waals surface area contributed by atoms with E-state index in [1.54, 1.807) is 18.1 Å². The van der Waals surface area contributed by atoms with Crippen LogP contribution in [0.5, 0.6) is 5.75 Å². The zero-order chi connectivity index (χ0) is 18.0. The second kappa shape index (κ2) is 7.68. The van der Waals surface area contributed by atoms with Crippen molar-refractivity contribution in [1.82, 2.24) is 10.2 Å². The molecule has 128 valence electrons. The number of methoxy groups -OCH3 is 1. The van der Waals surface area contributed by atoms with Crippen molar-refractivity contribution in [2.75, 3.05) is 7.11 Å². The van der Waals surface area contributed by atoms with Crippen LogP contribution < -0.4 is 10.1 Å². The predicted molar refractivity (Wildman–Crippen MR) is 109 cm³/mol. The standard InChI is InChI=1S/C18H14Br2N2O2S/c1-24-16-7-6-14(20)8-12(16)9-15-17(23)22(18(25)21-15)10-11-2-4-13(19)5-3-11/h2-9H,10H2,1H3,(H,21,25)/b15-9-. The fourth-order valence-corrected chi connectivity index (χ4v) is 3.36. The van der Waals surface area contributed by atoms with Gasteiger partial charge in [-0.25, -0.2) is 0 Å². The molecule has 2 aromatic rings. The summed E-state index contributed by atoms with van der Waals surface area (Å²) in [7, 11) is 1.60. The monoisotopic (exact) mass is 480 g/mol. The summed E-state index contributed by atoms with van der Waals surface area (Å²) in [6.45, 7) is 0.422. The van der Waals surface area contributed by atoms with Gasteiger partial charge in [0.15, 0.2) is 5.11 Å². The number of nitrogens with zero attached hydrogens (tertiary/aromatic N) is 1. The summed E-state index contributed by atoms with van der Waals surface area (Å²) in [6, 6.07) is 13.4. The van der Waals surface area contributed by atoms with Gasteiger partial charge in [-0.05, 0) is 54.2 Å². The van der Waals surface area contributed by atoms with Gasteiger partial charge in [0.2, 0.25) is 0 Å². The maximum Gasteiger partial charge on any atom is 0.276 e. The SMILES string of the molecule is COc1ccc(Br)cc1/C=C1\NC(=S)N(Cc2ccc(Br)cc2)C1=O. The van der Waals surface area contributed by atoms with E-state index in [1.165, 1.54) is 0 Å². The van der Waals surface area contributed by atoms with Crippen LogP contribution in [0, 0.1) is 0 Å². The molecular formula is C18H14Br2N2O2S. The molecule has 7 heteroatoms. The number of rotatable bonds is 4. The van der Waals surface area contributed by atoms with Crippen molar-refractivity contribution in [3.63, 3.8) is 0 Å². The van der Waals surface area contributed by atoms with Crippen LogP contribution in [0.3, 0.4) is 0 Å². The third-order valence-electron chi connectivity index (χ3n) is 3.71. The highest BCUT2D eigenvalue weighted by Gasteiger charge is 2.30. The first-order valence-corrected chi connectivity index (χ1v) is 9.40. The van der Waals surface area contributed by atoms with Crippen LogP contribution in [-0.2, 0) is 11.3 Å². The molecule has 1 heterocycles. The molecule has 3 rings (SSSR count). The first kappa shape index (κ1) is 18.1. The first-order valence-electron chi connectivity index (χ1n) is 7.40. The second-order valence-corrected chi connectivity index (χ2v) is 7.61. The molecule has 1 saturated heterocycles. The van der Waals surface area contributed by atoms with Crippen LogP contribution >= 0.6 is 44.1 Å². The number of thiocarbonyl (C=S) groups is 1. The van der Waals surface area contributed by atoms with Crippen LogP contribution in [0.4, 0.5) is 0 Å². The topological polar surface area (TPSA) is 41.6 Å². The van der Waals surface area contributed by atoms with Gasteiger partial charge >= 0.3 is 0 Å². The van der Waals surface area contributed by atoms with E-state index in [9.17, 15) is 4.79 Å². The summed E-state index contributed by atoms with van der Waals surface area (Å²) in [5.74, 6) is 0.525. The van der Waals surface area contributed by atoms with Crippen LogP contribution in [0.2, 0.25) is 0 Å². The Kier molecular flexibility index (Phi) is 5.56. The average molecular weight is 482 g/mol. The molecule has 25 heavy (non-hydrogen) atoms. The Morgan fingerprint density at radius 2 is 1.84 bits per heavy atom. The summed E-state index contributed by atoms with van der Waals surface area (Å²) in [4.78, 5) is 14.3. The van der Waals surface area contributed by atoms with Gasteiger partial charge in [0.05, 0.1) is 13.7 Å². The van der Waals surface area contributed by atoms with Crippen LogP contribution in [0.1, 0.15) is 11.1 Å². The van der Waals surface area contributed by atoms with Crippen LogP contribution in [0.25, 0.3) is 6.08 Å². The summed E-state index contributed by atoms with van der Waals surface area (Å²) in [6.07, 6.45) is 1.75. The van der Waals surface area contributed by atoms with Gasteiger partial charge in [-0.15, -0.1) is 0 Å². The Labute approximate surface area is 168 Å². The number of amides is 1. The maximum absolute atomic E-state index is 12.7. The highest BCUT2D eigenvalue weighted by Crippen LogP contribution is 2.26. The fourth-order valence-electron chi connectivity index (χ4n) is 2.46. The van der Waals surface area contributed by atoms with Gasteiger partial charge in [-0.1, -0.05) is 44.0 Å². The molecule has 2 aromatic carbocycles. The summed E-state index contributed by atoms with van der Waals surface area (Å²) in [5, 5.41) is 3.39. The van der Waals surface area contributed by atoms with Crippen LogP contribution in [0.15, 0.2) is 57.1 Å². The summed E-state index contributed by atoms with van der Waals surface area (Å²) >= 11 is 12.2. The van der Waals surface area contributed by atoms with E-state index in [2.05, 4.69) is 37.2 Å². The molecule has 0 atom stereocenters. The molecular weight excluding hydrogens is 468 g/mol. The van der Waals surface area contributed by atoms with E-state index in [0.717, 1.165) is 20.1 Å². The van der Waals surface area contributed by atoms with E-state index in [1.807, 2.05) is 42.5 Å². The number of benzene rings is 2. The smallest absolute Gasteiger partial charge is 0.276 e. The number of hydrogen-bond acceptors (Lipinski definition) is 3. The molecule has 0 spiro atoms. The zero-order valence-electron chi connectivity index (χ0n) is 13.3. The van der Waals surface area contributed by atoms with E-state index in [-0.39, 0.29) is 5.91 Å². The van der Waals surface area contributed by atoms with E-state index in [4.69, 9.17) is 17.0 Å². The van der Waals surface area contributed by atoms with Crippen molar-refractivity contribution in [2.45, 2.75) is 6.54 Å². The Hall–Kier alpha value is -1.70. The van der Waals surface area contributed by atoms with Gasteiger partial charge in [-0.3, -0.25) is 9.69 Å². The molecule has 0 saturated carbocycles. The Bertz CT molecular complexity index is 866. The fraction of sp³-hybridized carbons (Fsp3) is 0.111. The first-order chi connectivity index (χ1) is 12.0. The lowest BCUT2D eigenvalue weighted by atomic mass is 10.1.